The lowest BCUT2D eigenvalue weighted by Gasteiger charge is -2.05. The Kier molecular flexibility index (Phi) is 3.75. The van der Waals surface area contributed by atoms with E-state index in [1.807, 2.05) is 12.1 Å². The van der Waals surface area contributed by atoms with Crippen molar-refractivity contribution in [3.8, 4) is 0 Å². The van der Waals surface area contributed by atoms with Gasteiger partial charge in [-0.1, -0.05) is 0 Å². The number of carbonyl (C=O) groups is 1. The minimum absolute atomic E-state index is 0.246. The molecular formula is C12H13N3O2. The molecule has 0 aromatic carbocycles. The van der Waals surface area contributed by atoms with Crippen LogP contribution in [0.2, 0.25) is 0 Å². The van der Waals surface area contributed by atoms with E-state index in [0.29, 0.717) is 18.7 Å². The molecule has 2 heterocycles. The number of hydrogen-bond donors (Lipinski definition) is 2. The first-order valence-corrected chi connectivity index (χ1v) is 5.32. The van der Waals surface area contributed by atoms with Gasteiger partial charge in [0.05, 0.1) is 18.1 Å². The predicted octanol–water partition coefficient (Wildman–Crippen LogP) is 2.04. The lowest BCUT2D eigenvalue weighted by molar-refractivity contribution is 0.252. The summed E-state index contributed by atoms with van der Waals surface area (Å²) >= 11 is 0. The number of nitrogens with zero attached hydrogens (tertiary/aromatic N) is 1. The molecule has 0 aliphatic heterocycles. The summed E-state index contributed by atoms with van der Waals surface area (Å²) < 4.78 is 5.15. The van der Waals surface area contributed by atoms with Crippen LogP contribution in [0.25, 0.3) is 0 Å². The van der Waals surface area contributed by atoms with E-state index in [-0.39, 0.29) is 6.03 Å². The van der Waals surface area contributed by atoms with E-state index >= 15 is 0 Å². The van der Waals surface area contributed by atoms with Crippen LogP contribution in [-0.4, -0.2) is 17.6 Å². The Balaban J connectivity index is 1.71. The van der Waals surface area contributed by atoms with E-state index in [1.54, 1.807) is 30.8 Å². The molecule has 2 aromatic heterocycles. The maximum atomic E-state index is 11.5. The molecule has 0 fully saturated rings. The highest BCUT2D eigenvalue weighted by Crippen LogP contribution is 2.02. The van der Waals surface area contributed by atoms with Crippen molar-refractivity contribution in [2.45, 2.75) is 6.42 Å². The first kappa shape index (κ1) is 11.2. The standard InChI is InChI=1S/C12H13N3O2/c16-12(15-10-3-1-6-13-9-10)14-7-5-11-4-2-8-17-11/h1-4,6,8-9H,5,7H2,(H2,14,15,16). The molecule has 2 amide bonds. The number of nitrogens with one attached hydrogen (secondary N) is 2. The van der Waals surface area contributed by atoms with Gasteiger partial charge >= 0.3 is 6.03 Å². The highest BCUT2D eigenvalue weighted by atomic mass is 16.3. The molecule has 0 aliphatic rings. The highest BCUT2D eigenvalue weighted by molar-refractivity contribution is 5.88. The lowest BCUT2D eigenvalue weighted by atomic mass is 10.3. The Hall–Kier alpha value is -2.30. The molecule has 0 bridgehead atoms. The molecule has 88 valence electrons. The van der Waals surface area contributed by atoms with Crippen molar-refractivity contribution in [2.24, 2.45) is 0 Å². The topological polar surface area (TPSA) is 67.2 Å². The molecule has 0 radical (unpaired) electrons. The predicted molar refractivity (Wildman–Crippen MR) is 63.7 cm³/mol. The van der Waals surface area contributed by atoms with Crippen LogP contribution in [0.1, 0.15) is 5.76 Å². The van der Waals surface area contributed by atoms with Crippen LogP contribution in [0.4, 0.5) is 10.5 Å². The number of carbonyl (C=O) groups excluding carboxylic acids is 1. The second kappa shape index (κ2) is 5.69. The zero-order valence-corrected chi connectivity index (χ0v) is 9.22. The van der Waals surface area contributed by atoms with Crippen molar-refractivity contribution < 1.29 is 9.21 Å². The number of hydrogen-bond acceptors (Lipinski definition) is 3. The Morgan fingerprint density at radius 3 is 3.00 bits per heavy atom. The fourth-order valence-electron chi connectivity index (χ4n) is 1.37. The summed E-state index contributed by atoms with van der Waals surface area (Å²) in [4.78, 5) is 15.4. The molecule has 2 N–H and O–H groups in total. The van der Waals surface area contributed by atoms with Gasteiger partial charge < -0.3 is 15.1 Å². The van der Waals surface area contributed by atoms with Gasteiger partial charge in [-0.3, -0.25) is 4.98 Å². The van der Waals surface area contributed by atoms with Gasteiger partial charge in [0.15, 0.2) is 0 Å². The number of furan rings is 1. The van der Waals surface area contributed by atoms with Crippen molar-refractivity contribution in [2.75, 3.05) is 11.9 Å². The van der Waals surface area contributed by atoms with Crippen LogP contribution in [0.15, 0.2) is 47.3 Å². The summed E-state index contributed by atoms with van der Waals surface area (Å²) in [6.07, 6.45) is 5.53. The van der Waals surface area contributed by atoms with Crippen molar-refractivity contribution in [1.82, 2.24) is 10.3 Å². The van der Waals surface area contributed by atoms with Gasteiger partial charge in [0.2, 0.25) is 0 Å². The maximum absolute atomic E-state index is 11.5. The molecule has 5 heteroatoms. The first-order chi connectivity index (χ1) is 8.34. The largest absolute Gasteiger partial charge is 0.469 e. The number of rotatable bonds is 4. The highest BCUT2D eigenvalue weighted by Gasteiger charge is 2.01. The second-order valence-corrected chi connectivity index (χ2v) is 3.45. The molecule has 2 rings (SSSR count). The third-order valence-corrected chi connectivity index (χ3v) is 2.16. The molecule has 17 heavy (non-hydrogen) atoms. The quantitative estimate of drug-likeness (QED) is 0.846. The average molecular weight is 231 g/mol. The lowest BCUT2D eigenvalue weighted by Crippen LogP contribution is -2.30. The smallest absolute Gasteiger partial charge is 0.319 e. The van der Waals surface area contributed by atoms with Crippen molar-refractivity contribution in [1.29, 1.82) is 0 Å². The minimum atomic E-state index is -0.246. The fraction of sp³-hybridized carbons (Fsp3) is 0.167. The molecule has 0 atom stereocenters. The zero-order chi connectivity index (χ0) is 11.9. The Morgan fingerprint density at radius 2 is 2.29 bits per heavy atom. The van der Waals surface area contributed by atoms with Crippen LogP contribution in [0.5, 0.6) is 0 Å². The molecule has 5 nitrogen and oxygen atoms in total. The third kappa shape index (κ3) is 3.64. The Morgan fingerprint density at radius 1 is 1.35 bits per heavy atom. The molecule has 0 saturated heterocycles. The number of urea groups is 1. The SMILES string of the molecule is O=C(NCCc1ccco1)Nc1cccnc1. The van der Waals surface area contributed by atoms with Crippen LogP contribution >= 0.6 is 0 Å². The van der Waals surface area contributed by atoms with Gasteiger partial charge in [0.1, 0.15) is 5.76 Å². The molecule has 0 spiro atoms. The van der Waals surface area contributed by atoms with E-state index < -0.39 is 0 Å². The minimum Gasteiger partial charge on any atom is -0.469 e. The third-order valence-electron chi connectivity index (χ3n) is 2.16. The number of anilines is 1. The first-order valence-electron chi connectivity index (χ1n) is 5.32. The van der Waals surface area contributed by atoms with E-state index in [1.165, 1.54) is 0 Å². The van der Waals surface area contributed by atoms with Crippen molar-refractivity contribution in [3.63, 3.8) is 0 Å². The summed E-state index contributed by atoms with van der Waals surface area (Å²) in [5.41, 5.74) is 0.669. The van der Waals surface area contributed by atoms with Gasteiger partial charge in [0, 0.05) is 19.2 Å². The van der Waals surface area contributed by atoms with Crippen molar-refractivity contribution >= 4 is 11.7 Å². The van der Waals surface area contributed by atoms with Gasteiger partial charge in [0.25, 0.3) is 0 Å². The second-order valence-electron chi connectivity index (χ2n) is 3.45. The summed E-state index contributed by atoms with van der Waals surface area (Å²) in [5.74, 6) is 0.853. The number of amides is 2. The normalized spacial score (nSPS) is 9.88. The van der Waals surface area contributed by atoms with Gasteiger partial charge in [-0.25, -0.2) is 4.79 Å². The summed E-state index contributed by atoms with van der Waals surface area (Å²) in [6, 6.07) is 6.99. The molecule has 0 aliphatic carbocycles. The van der Waals surface area contributed by atoms with Crippen LogP contribution in [0.3, 0.4) is 0 Å². The summed E-state index contributed by atoms with van der Waals surface area (Å²) in [7, 11) is 0. The van der Waals surface area contributed by atoms with E-state index in [9.17, 15) is 4.79 Å². The fourth-order valence-corrected chi connectivity index (χ4v) is 1.37. The molecule has 0 saturated carbocycles. The molecule has 0 unspecified atom stereocenters. The number of pyridine rings is 1. The van der Waals surface area contributed by atoms with E-state index in [2.05, 4.69) is 15.6 Å². The van der Waals surface area contributed by atoms with E-state index in [0.717, 1.165) is 5.76 Å². The van der Waals surface area contributed by atoms with Crippen LogP contribution in [0, 0.1) is 0 Å². The molecular weight excluding hydrogens is 218 g/mol. The van der Waals surface area contributed by atoms with Crippen LogP contribution in [-0.2, 0) is 6.42 Å². The summed E-state index contributed by atoms with van der Waals surface area (Å²) in [6.45, 7) is 0.527. The van der Waals surface area contributed by atoms with E-state index in [4.69, 9.17) is 4.42 Å². The Bertz CT molecular complexity index is 454. The van der Waals surface area contributed by atoms with Crippen molar-refractivity contribution in [3.05, 3.63) is 48.7 Å². The van der Waals surface area contributed by atoms with Gasteiger partial charge in [-0.2, -0.15) is 0 Å². The molecule has 2 aromatic rings. The summed E-state index contributed by atoms with van der Waals surface area (Å²) in [5, 5.41) is 5.41. The van der Waals surface area contributed by atoms with Gasteiger partial charge in [-0.05, 0) is 24.3 Å². The van der Waals surface area contributed by atoms with Gasteiger partial charge in [-0.15, -0.1) is 0 Å². The maximum Gasteiger partial charge on any atom is 0.319 e. The zero-order valence-electron chi connectivity index (χ0n) is 9.22. The average Bonchev–Trinajstić information content (AvgIpc) is 2.83. The number of aromatic nitrogens is 1. The van der Waals surface area contributed by atoms with Crippen LogP contribution < -0.4 is 10.6 Å². The Labute approximate surface area is 98.9 Å². The monoisotopic (exact) mass is 231 g/mol.